The van der Waals surface area contributed by atoms with Crippen LogP contribution in [0.25, 0.3) is 11.5 Å². The fourth-order valence-electron chi connectivity index (χ4n) is 4.26. The van der Waals surface area contributed by atoms with E-state index in [1.54, 1.807) is 35.1 Å². The number of hydrogen-bond acceptors (Lipinski definition) is 8. The van der Waals surface area contributed by atoms with Gasteiger partial charge in [-0.3, -0.25) is 14.2 Å². The molecule has 0 radical (unpaired) electrons. The van der Waals surface area contributed by atoms with Gasteiger partial charge in [-0.1, -0.05) is 0 Å². The van der Waals surface area contributed by atoms with Crippen molar-refractivity contribution in [1.82, 2.24) is 29.5 Å². The summed E-state index contributed by atoms with van der Waals surface area (Å²) >= 11 is 0. The number of carbonyl (C=O) groups is 1. The van der Waals surface area contributed by atoms with Crippen molar-refractivity contribution in [2.75, 3.05) is 36.2 Å². The van der Waals surface area contributed by atoms with Gasteiger partial charge in [-0.25, -0.2) is 14.4 Å². The van der Waals surface area contributed by atoms with E-state index in [-0.39, 0.29) is 11.1 Å². The Morgan fingerprint density at radius 1 is 1.25 bits per heavy atom. The van der Waals surface area contributed by atoms with E-state index in [4.69, 9.17) is 0 Å². The van der Waals surface area contributed by atoms with Gasteiger partial charge >= 0.3 is 0 Å². The zero-order valence-electron chi connectivity index (χ0n) is 19.7. The Balaban J connectivity index is 1.37. The molecule has 6 rings (SSSR count). The molecule has 1 aliphatic carbocycles. The molecule has 0 saturated heterocycles. The molecule has 3 N–H and O–H groups in total. The van der Waals surface area contributed by atoms with Crippen molar-refractivity contribution in [2.24, 2.45) is 0 Å². The molecular weight excluding hydrogens is 465 g/mol. The van der Waals surface area contributed by atoms with E-state index in [1.807, 2.05) is 25.1 Å². The van der Waals surface area contributed by atoms with Crippen molar-refractivity contribution in [3.05, 3.63) is 64.3 Å². The third kappa shape index (κ3) is 3.70. The van der Waals surface area contributed by atoms with Crippen LogP contribution < -0.4 is 26.4 Å². The maximum atomic E-state index is 13.3. The number of aromatic nitrogens is 5. The SMILES string of the molecule is CN(C)c1ccc(-n2cccc(Nc3nc4c(C(=O)N[C@@H]5C[C@@H]5F)cnn4c4c3CCN4)c2=O)nc1. The first-order valence-corrected chi connectivity index (χ1v) is 11.6. The number of alkyl halides is 1. The van der Waals surface area contributed by atoms with Gasteiger partial charge in [0.2, 0.25) is 0 Å². The molecule has 0 unspecified atom stereocenters. The summed E-state index contributed by atoms with van der Waals surface area (Å²) in [5.74, 6) is 1.22. The van der Waals surface area contributed by atoms with Crippen LogP contribution in [0.2, 0.25) is 0 Å². The van der Waals surface area contributed by atoms with Crippen LogP contribution in [-0.4, -0.2) is 62.9 Å². The van der Waals surface area contributed by atoms with Crippen LogP contribution in [0.3, 0.4) is 0 Å². The summed E-state index contributed by atoms with van der Waals surface area (Å²) in [5.41, 5.74) is 2.35. The summed E-state index contributed by atoms with van der Waals surface area (Å²) in [7, 11) is 3.84. The second-order valence-corrected chi connectivity index (χ2v) is 9.08. The van der Waals surface area contributed by atoms with Crippen molar-refractivity contribution in [1.29, 1.82) is 0 Å². The van der Waals surface area contributed by atoms with Gasteiger partial charge < -0.3 is 20.9 Å². The lowest BCUT2D eigenvalue weighted by atomic mass is 10.2. The summed E-state index contributed by atoms with van der Waals surface area (Å²) in [4.78, 5) is 37.1. The van der Waals surface area contributed by atoms with Crippen LogP contribution in [0.15, 0.2) is 47.7 Å². The van der Waals surface area contributed by atoms with Gasteiger partial charge in [0.25, 0.3) is 11.5 Å². The van der Waals surface area contributed by atoms with Crippen LogP contribution in [0.4, 0.5) is 27.4 Å². The highest BCUT2D eigenvalue weighted by atomic mass is 19.1. The van der Waals surface area contributed by atoms with Crippen LogP contribution in [-0.2, 0) is 6.42 Å². The Kier molecular flexibility index (Phi) is 5.09. The second kappa shape index (κ2) is 8.33. The topological polar surface area (TPSA) is 121 Å². The number of nitrogens with one attached hydrogen (secondary N) is 3. The Hall–Kier alpha value is -4.48. The lowest BCUT2D eigenvalue weighted by molar-refractivity contribution is 0.0949. The smallest absolute Gasteiger partial charge is 0.279 e. The van der Waals surface area contributed by atoms with Crippen molar-refractivity contribution < 1.29 is 9.18 Å². The molecule has 11 nitrogen and oxygen atoms in total. The number of carbonyl (C=O) groups excluding carboxylic acids is 1. The monoisotopic (exact) mass is 489 g/mol. The summed E-state index contributed by atoms with van der Waals surface area (Å²) in [6, 6.07) is 6.63. The van der Waals surface area contributed by atoms with Crippen LogP contribution in [0.1, 0.15) is 22.3 Å². The van der Waals surface area contributed by atoms with E-state index >= 15 is 0 Å². The summed E-state index contributed by atoms with van der Waals surface area (Å²) in [6.45, 7) is 0.666. The van der Waals surface area contributed by atoms with Gasteiger partial charge in [-0.15, -0.1) is 0 Å². The van der Waals surface area contributed by atoms with Crippen LogP contribution in [0.5, 0.6) is 0 Å². The Morgan fingerprint density at radius 2 is 2.08 bits per heavy atom. The number of anilines is 4. The average molecular weight is 490 g/mol. The molecule has 2 aliphatic rings. The highest BCUT2D eigenvalue weighted by molar-refractivity contribution is 6.00. The number of nitrogens with zero attached hydrogens (tertiary/aromatic N) is 6. The Morgan fingerprint density at radius 3 is 2.81 bits per heavy atom. The van der Waals surface area contributed by atoms with E-state index < -0.39 is 18.1 Å². The maximum absolute atomic E-state index is 13.3. The number of halogens is 1. The number of rotatable bonds is 6. The van der Waals surface area contributed by atoms with Crippen molar-refractivity contribution in [3.8, 4) is 5.82 Å². The van der Waals surface area contributed by atoms with Gasteiger partial charge in [0.05, 0.1) is 24.1 Å². The average Bonchev–Trinajstić information content (AvgIpc) is 3.25. The lowest BCUT2D eigenvalue weighted by Crippen LogP contribution is -2.27. The minimum absolute atomic E-state index is 0.240. The molecule has 1 amide bonds. The maximum Gasteiger partial charge on any atom is 0.279 e. The van der Waals surface area contributed by atoms with E-state index in [0.717, 1.165) is 11.3 Å². The van der Waals surface area contributed by atoms with Gasteiger partial charge in [0.1, 0.15) is 34.9 Å². The van der Waals surface area contributed by atoms with Gasteiger partial charge in [-0.05, 0) is 30.7 Å². The molecule has 0 bridgehead atoms. The lowest BCUT2D eigenvalue weighted by Gasteiger charge is -2.14. The highest BCUT2D eigenvalue weighted by Gasteiger charge is 2.39. The molecule has 0 spiro atoms. The van der Waals surface area contributed by atoms with Gasteiger partial charge in [-0.2, -0.15) is 9.61 Å². The molecule has 2 atom stereocenters. The number of fused-ring (bicyclic) bond motifs is 3. The second-order valence-electron chi connectivity index (χ2n) is 9.08. The van der Waals surface area contributed by atoms with Crippen molar-refractivity contribution in [2.45, 2.75) is 25.1 Å². The van der Waals surface area contributed by atoms with Gasteiger partial charge in [0, 0.05) is 38.8 Å². The number of hydrogen-bond donors (Lipinski definition) is 3. The molecule has 12 heteroatoms. The third-order valence-corrected chi connectivity index (χ3v) is 6.38. The number of amides is 1. The van der Waals surface area contributed by atoms with Crippen LogP contribution in [0, 0.1) is 0 Å². The fraction of sp³-hybridized carbons (Fsp3) is 0.292. The summed E-state index contributed by atoms with van der Waals surface area (Å²) in [5, 5.41) is 13.4. The predicted molar refractivity (Wildman–Crippen MR) is 133 cm³/mol. The first-order valence-electron chi connectivity index (χ1n) is 11.6. The first-order chi connectivity index (χ1) is 17.4. The Bertz CT molecular complexity index is 1540. The molecule has 1 saturated carbocycles. The normalized spacial score (nSPS) is 18.0. The predicted octanol–water partition coefficient (Wildman–Crippen LogP) is 1.89. The first kappa shape index (κ1) is 22.0. The van der Waals surface area contributed by atoms with Crippen LogP contribution >= 0.6 is 0 Å². The minimum Gasteiger partial charge on any atom is -0.376 e. The van der Waals surface area contributed by atoms with E-state index in [9.17, 15) is 14.0 Å². The fourth-order valence-corrected chi connectivity index (χ4v) is 4.26. The molecule has 0 aromatic carbocycles. The zero-order chi connectivity index (χ0) is 25.0. The summed E-state index contributed by atoms with van der Waals surface area (Å²) < 4.78 is 16.3. The molecular formula is C24H24FN9O2. The quantitative estimate of drug-likeness (QED) is 0.376. The molecule has 1 aliphatic heterocycles. The standard InChI is InChI=1S/C24H24FN9O2/c1-32(2)13-5-6-19(27-11-13)33-9-3-4-17(24(33)36)29-20-14-7-8-26-21(14)34-22(31-20)15(12-28-34)23(35)30-18-10-16(18)25/h3-6,9,11-12,16,18,26H,7-8,10H2,1-2H3,(H,29,31)(H,30,35)/t16-,18+/m0/s1. The van der Waals surface area contributed by atoms with Crippen molar-refractivity contribution in [3.63, 3.8) is 0 Å². The third-order valence-electron chi connectivity index (χ3n) is 6.38. The highest BCUT2D eigenvalue weighted by Crippen LogP contribution is 2.32. The molecule has 5 heterocycles. The number of pyridine rings is 2. The van der Waals surface area contributed by atoms with Gasteiger partial charge in [0.15, 0.2) is 5.65 Å². The Labute approximate surface area is 205 Å². The van der Waals surface area contributed by atoms with Crippen molar-refractivity contribution >= 4 is 34.6 Å². The largest absolute Gasteiger partial charge is 0.376 e. The molecule has 1 fully saturated rings. The summed E-state index contributed by atoms with van der Waals surface area (Å²) in [6.07, 6.45) is 4.76. The molecule has 184 valence electrons. The van der Waals surface area contributed by atoms with E-state index in [1.165, 1.54) is 10.8 Å². The molecule has 4 aromatic heterocycles. The zero-order valence-corrected chi connectivity index (χ0v) is 19.7. The van der Waals surface area contributed by atoms with E-state index in [2.05, 4.69) is 31.0 Å². The minimum atomic E-state index is -1.01. The molecule has 4 aromatic rings. The van der Waals surface area contributed by atoms with E-state index in [0.29, 0.717) is 48.2 Å². The molecule has 36 heavy (non-hydrogen) atoms.